The van der Waals surface area contributed by atoms with Crippen LogP contribution < -0.4 is 10.2 Å². The van der Waals surface area contributed by atoms with Crippen LogP contribution >= 0.6 is 0 Å². The van der Waals surface area contributed by atoms with Gasteiger partial charge in [-0.15, -0.1) is 0 Å². The molecule has 6 heteroatoms. The molecule has 1 saturated heterocycles. The number of carbonyl (C=O) groups excluding carboxylic acids is 1. The van der Waals surface area contributed by atoms with Crippen LogP contribution in [-0.2, 0) is 0 Å². The summed E-state index contributed by atoms with van der Waals surface area (Å²) in [6.07, 6.45) is 6.20. The third-order valence-corrected chi connectivity index (χ3v) is 6.80. The lowest BCUT2D eigenvalue weighted by atomic mass is 9.98. The highest BCUT2D eigenvalue weighted by Gasteiger charge is 2.24. The molecular weight excluding hydrogens is 398 g/mol. The summed E-state index contributed by atoms with van der Waals surface area (Å²) in [7, 11) is 4.29. The largest absolute Gasteiger partial charge is 0.370 e. The van der Waals surface area contributed by atoms with Gasteiger partial charge in [-0.05, 0) is 85.9 Å². The van der Waals surface area contributed by atoms with Gasteiger partial charge in [-0.1, -0.05) is 12.1 Å². The molecule has 1 fully saturated rings. The number of rotatable bonds is 4. The maximum atomic E-state index is 12.8. The monoisotopic (exact) mass is 429 g/mol. The summed E-state index contributed by atoms with van der Waals surface area (Å²) in [5.41, 5.74) is 5.76. The zero-order chi connectivity index (χ0) is 22.1. The van der Waals surface area contributed by atoms with Gasteiger partial charge in [0.05, 0.1) is 0 Å². The van der Waals surface area contributed by atoms with Gasteiger partial charge in [-0.2, -0.15) is 0 Å². The molecule has 2 N–H and O–H groups in total. The lowest BCUT2D eigenvalue weighted by Crippen LogP contribution is -2.37. The van der Waals surface area contributed by atoms with E-state index in [1.165, 1.54) is 28.6 Å². The van der Waals surface area contributed by atoms with Crippen molar-refractivity contribution in [1.82, 2.24) is 14.8 Å². The van der Waals surface area contributed by atoms with Gasteiger partial charge >= 0.3 is 6.03 Å². The Labute approximate surface area is 189 Å². The number of aromatic amines is 1. The van der Waals surface area contributed by atoms with Gasteiger partial charge in [0.15, 0.2) is 0 Å². The van der Waals surface area contributed by atoms with Crippen LogP contribution in [0.2, 0.25) is 0 Å². The number of urea groups is 1. The first-order chi connectivity index (χ1) is 15.6. The summed E-state index contributed by atoms with van der Waals surface area (Å²) in [5, 5.41) is 4.28. The number of fused-ring (bicyclic) bond motifs is 1. The minimum absolute atomic E-state index is 0.0389. The maximum Gasteiger partial charge on any atom is 0.322 e. The van der Waals surface area contributed by atoms with Crippen molar-refractivity contribution in [2.45, 2.75) is 18.9 Å². The van der Waals surface area contributed by atoms with E-state index in [4.69, 9.17) is 0 Å². The van der Waals surface area contributed by atoms with E-state index in [2.05, 4.69) is 76.7 Å². The van der Waals surface area contributed by atoms with E-state index in [0.29, 0.717) is 12.6 Å². The lowest BCUT2D eigenvalue weighted by Gasteiger charge is -2.27. The Morgan fingerprint density at radius 3 is 2.66 bits per heavy atom. The van der Waals surface area contributed by atoms with E-state index in [9.17, 15) is 4.79 Å². The summed E-state index contributed by atoms with van der Waals surface area (Å²) < 4.78 is 0. The quantitative estimate of drug-likeness (QED) is 0.636. The summed E-state index contributed by atoms with van der Waals surface area (Å²) in [6, 6.07) is 17.4. The predicted octanol–water partition coefficient (Wildman–Crippen LogP) is 4.63. The smallest absolute Gasteiger partial charge is 0.322 e. The van der Waals surface area contributed by atoms with Crippen LogP contribution in [-0.4, -0.2) is 67.1 Å². The Morgan fingerprint density at radius 1 is 1.09 bits per heavy atom. The molecule has 0 aliphatic carbocycles. The summed E-state index contributed by atoms with van der Waals surface area (Å²) in [5.74, 6) is 0. The van der Waals surface area contributed by atoms with Crippen molar-refractivity contribution in [3.05, 3.63) is 66.4 Å². The molecule has 0 spiro atoms. The van der Waals surface area contributed by atoms with Crippen LogP contribution in [0, 0.1) is 0 Å². The third kappa shape index (κ3) is 4.23. The fourth-order valence-electron chi connectivity index (χ4n) is 4.72. The molecule has 1 atom stereocenters. The van der Waals surface area contributed by atoms with E-state index >= 15 is 0 Å². The number of H-pyrrole nitrogens is 1. The Kier molecular flexibility index (Phi) is 5.62. The van der Waals surface area contributed by atoms with Crippen molar-refractivity contribution in [2.75, 3.05) is 50.5 Å². The van der Waals surface area contributed by atoms with Gasteiger partial charge in [0.1, 0.15) is 0 Å². The Balaban J connectivity index is 1.18. The molecule has 6 nitrogen and oxygen atoms in total. The van der Waals surface area contributed by atoms with E-state index in [1.807, 2.05) is 23.2 Å². The van der Waals surface area contributed by atoms with Gasteiger partial charge in [-0.25, -0.2) is 4.79 Å². The average molecular weight is 430 g/mol. The number of nitrogens with one attached hydrogen (secondary N) is 2. The molecule has 166 valence electrons. The maximum absolute atomic E-state index is 12.8. The highest BCUT2D eigenvalue weighted by Crippen LogP contribution is 2.27. The average Bonchev–Trinajstić information content (AvgIpc) is 3.49. The first-order valence-electron chi connectivity index (χ1n) is 11.4. The summed E-state index contributed by atoms with van der Waals surface area (Å²) in [6.45, 7) is 3.48. The number of hydrogen-bond acceptors (Lipinski definition) is 3. The number of carbonyl (C=O) groups is 1. The molecule has 2 amide bonds. The number of anilines is 2. The molecular formula is C26H31N5O. The zero-order valence-electron chi connectivity index (χ0n) is 18.8. The zero-order valence-corrected chi connectivity index (χ0v) is 18.8. The van der Waals surface area contributed by atoms with Gasteiger partial charge in [-0.3, -0.25) is 0 Å². The molecule has 3 heterocycles. The fourth-order valence-corrected chi connectivity index (χ4v) is 4.72. The topological polar surface area (TPSA) is 54.6 Å². The highest BCUT2D eigenvalue weighted by molar-refractivity contribution is 5.90. The molecule has 2 aliphatic rings. The molecule has 2 aliphatic heterocycles. The second-order valence-electron chi connectivity index (χ2n) is 9.03. The lowest BCUT2D eigenvalue weighted by molar-refractivity contribution is 0.217. The number of benzene rings is 2. The van der Waals surface area contributed by atoms with Crippen LogP contribution in [0.5, 0.6) is 0 Å². The molecule has 32 heavy (non-hydrogen) atoms. The minimum Gasteiger partial charge on any atom is -0.370 e. The first kappa shape index (κ1) is 20.6. The molecule has 5 rings (SSSR count). The van der Waals surface area contributed by atoms with Crippen molar-refractivity contribution in [3.8, 4) is 0 Å². The summed E-state index contributed by atoms with van der Waals surface area (Å²) in [4.78, 5) is 22.6. The number of nitrogens with zero attached hydrogens (tertiary/aromatic N) is 3. The van der Waals surface area contributed by atoms with E-state index in [-0.39, 0.29) is 6.03 Å². The minimum atomic E-state index is -0.0389. The van der Waals surface area contributed by atoms with Crippen LogP contribution in [0.15, 0.2) is 60.8 Å². The van der Waals surface area contributed by atoms with Gasteiger partial charge in [0.2, 0.25) is 0 Å². The number of aromatic nitrogens is 1. The third-order valence-electron chi connectivity index (χ3n) is 6.80. The Hall–Kier alpha value is -3.25. The SMILES string of the molecule is CN(C)C1CCN(c2ccc(NC(=O)N3CC=C(c4ccc5[nH]ccc5c4)CC3)cc2)C1. The molecule has 0 bridgehead atoms. The molecule has 0 saturated carbocycles. The van der Waals surface area contributed by atoms with Crippen LogP contribution in [0.1, 0.15) is 18.4 Å². The van der Waals surface area contributed by atoms with Crippen molar-refractivity contribution < 1.29 is 4.79 Å². The van der Waals surface area contributed by atoms with Gasteiger partial charge in [0.25, 0.3) is 0 Å². The van der Waals surface area contributed by atoms with Crippen molar-refractivity contribution in [2.24, 2.45) is 0 Å². The highest BCUT2D eigenvalue weighted by atomic mass is 16.2. The van der Waals surface area contributed by atoms with Gasteiger partial charge in [0, 0.05) is 55.3 Å². The number of likely N-dealkylation sites (N-methyl/N-ethyl adjacent to an activating group) is 1. The van der Waals surface area contributed by atoms with Crippen LogP contribution in [0.4, 0.5) is 16.2 Å². The summed E-state index contributed by atoms with van der Waals surface area (Å²) >= 11 is 0. The second kappa shape index (κ2) is 8.71. The fraction of sp³-hybridized carbons (Fsp3) is 0.346. The van der Waals surface area contributed by atoms with E-state index in [1.54, 1.807) is 0 Å². The van der Waals surface area contributed by atoms with Gasteiger partial charge < -0.3 is 25.0 Å². The normalized spacial score (nSPS) is 19.0. The second-order valence-corrected chi connectivity index (χ2v) is 9.03. The molecule has 0 radical (unpaired) electrons. The van der Waals surface area contributed by atoms with Crippen molar-refractivity contribution in [1.29, 1.82) is 0 Å². The predicted molar refractivity (Wildman–Crippen MR) is 132 cm³/mol. The first-order valence-corrected chi connectivity index (χ1v) is 11.4. The van der Waals surface area contributed by atoms with Crippen molar-refractivity contribution in [3.63, 3.8) is 0 Å². The molecule has 1 aromatic heterocycles. The van der Waals surface area contributed by atoms with Crippen molar-refractivity contribution >= 4 is 33.9 Å². The molecule has 2 aromatic carbocycles. The molecule has 1 unspecified atom stereocenters. The van der Waals surface area contributed by atoms with E-state index < -0.39 is 0 Å². The Bertz CT molecular complexity index is 1130. The number of amides is 2. The standard InChI is InChI=1S/C26H31N5O/c1-29(2)24-12-16-31(18-24)23-6-4-22(5-7-23)28-26(32)30-14-10-19(11-15-30)20-3-8-25-21(17-20)9-13-27-25/h3-10,13,17,24,27H,11-12,14-16,18H2,1-2H3,(H,28,32). The number of hydrogen-bond donors (Lipinski definition) is 2. The molecule has 3 aromatic rings. The van der Waals surface area contributed by atoms with E-state index in [0.717, 1.165) is 37.3 Å². The van der Waals surface area contributed by atoms with Crippen LogP contribution in [0.25, 0.3) is 16.5 Å². The Morgan fingerprint density at radius 2 is 1.94 bits per heavy atom. The van der Waals surface area contributed by atoms with Crippen LogP contribution in [0.3, 0.4) is 0 Å².